The van der Waals surface area contributed by atoms with Crippen molar-refractivity contribution in [2.45, 2.75) is 12.7 Å². The van der Waals surface area contributed by atoms with E-state index < -0.39 is 11.7 Å². The number of benzene rings is 1. The van der Waals surface area contributed by atoms with Crippen molar-refractivity contribution >= 4 is 37.5 Å². The van der Waals surface area contributed by atoms with Crippen LogP contribution in [0.3, 0.4) is 0 Å². The van der Waals surface area contributed by atoms with Gasteiger partial charge in [-0.15, -0.1) is 0 Å². The number of aromatic nitrogens is 1. The van der Waals surface area contributed by atoms with Gasteiger partial charge >= 0.3 is 6.18 Å². The number of hydrogen-bond donors (Lipinski definition) is 1. The lowest BCUT2D eigenvalue weighted by atomic mass is 10.2. The summed E-state index contributed by atoms with van der Waals surface area (Å²) in [5, 5.41) is 2.92. The summed E-state index contributed by atoms with van der Waals surface area (Å²) in [5.74, 6) is 0. The Morgan fingerprint density at radius 2 is 1.85 bits per heavy atom. The third kappa shape index (κ3) is 3.96. The highest BCUT2D eigenvalue weighted by molar-refractivity contribution is 9.10. The zero-order valence-corrected chi connectivity index (χ0v) is 13.2. The number of nitrogens with one attached hydrogen (secondary N) is 1. The average Bonchev–Trinajstić information content (AvgIpc) is 2.38. The van der Waals surface area contributed by atoms with Crippen molar-refractivity contribution in [3.05, 3.63) is 56.7 Å². The van der Waals surface area contributed by atoms with Gasteiger partial charge in [-0.2, -0.15) is 13.2 Å². The molecule has 0 aliphatic heterocycles. The van der Waals surface area contributed by atoms with E-state index in [4.69, 9.17) is 0 Å². The number of nitrogens with zero attached hydrogens (tertiary/aromatic N) is 1. The first kappa shape index (κ1) is 15.3. The maximum atomic E-state index is 12.8. The first-order valence-electron chi connectivity index (χ1n) is 5.57. The molecule has 0 amide bonds. The lowest BCUT2D eigenvalue weighted by Gasteiger charge is -2.12. The molecule has 2 aromatic rings. The highest BCUT2D eigenvalue weighted by Gasteiger charge is 2.33. The second-order valence-corrected chi connectivity index (χ2v) is 5.78. The molecule has 7 heteroatoms. The Morgan fingerprint density at radius 1 is 1.10 bits per heavy atom. The summed E-state index contributed by atoms with van der Waals surface area (Å²) in [5.41, 5.74) is 0.432. The minimum atomic E-state index is -4.38. The van der Waals surface area contributed by atoms with Crippen LogP contribution in [0.1, 0.15) is 11.3 Å². The molecule has 0 spiro atoms. The summed E-state index contributed by atoms with van der Waals surface area (Å²) in [4.78, 5) is 4.14. The largest absolute Gasteiger partial charge is 0.417 e. The number of hydrogen-bond acceptors (Lipinski definition) is 2. The Kier molecular flexibility index (Phi) is 4.70. The zero-order valence-electron chi connectivity index (χ0n) is 10.0. The van der Waals surface area contributed by atoms with Crippen molar-refractivity contribution in [1.29, 1.82) is 0 Å². The van der Waals surface area contributed by atoms with Crippen LogP contribution in [-0.2, 0) is 12.7 Å². The highest BCUT2D eigenvalue weighted by atomic mass is 79.9. The van der Waals surface area contributed by atoms with Gasteiger partial charge in [-0.05, 0) is 46.3 Å². The number of anilines is 1. The Morgan fingerprint density at radius 3 is 2.45 bits per heavy atom. The first-order valence-corrected chi connectivity index (χ1v) is 7.16. The molecule has 2 nitrogen and oxygen atoms in total. The van der Waals surface area contributed by atoms with Crippen LogP contribution in [0.15, 0.2) is 45.5 Å². The first-order chi connectivity index (χ1) is 9.36. The van der Waals surface area contributed by atoms with Crippen molar-refractivity contribution in [2.75, 3.05) is 5.32 Å². The molecule has 106 valence electrons. The molecule has 0 saturated carbocycles. The molecule has 20 heavy (non-hydrogen) atoms. The molecule has 1 heterocycles. The highest BCUT2D eigenvalue weighted by Crippen LogP contribution is 2.36. The standard InChI is InChI=1S/C13H9Br2F3N2/c14-8-1-2-10(19-6-8)7-20-9-3-4-12(15)11(5-9)13(16,17)18/h1-6,20H,7H2. The lowest BCUT2D eigenvalue weighted by Crippen LogP contribution is -2.08. The van der Waals surface area contributed by atoms with Gasteiger partial charge < -0.3 is 5.32 Å². The Labute approximate surface area is 130 Å². The number of rotatable bonds is 3. The van der Waals surface area contributed by atoms with Gasteiger partial charge in [-0.1, -0.05) is 15.9 Å². The molecule has 0 aliphatic carbocycles. The Bertz CT molecular complexity index is 598. The normalized spacial score (nSPS) is 11.4. The van der Waals surface area contributed by atoms with E-state index >= 15 is 0 Å². The average molecular weight is 410 g/mol. The minimum Gasteiger partial charge on any atom is -0.379 e. The number of pyridine rings is 1. The van der Waals surface area contributed by atoms with E-state index in [9.17, 15) is 13.2 Å². The van der Waals surface area contributed by atoms with E-state index in [0.717, 1.165) is 16.2 Å². The maximum absolute atomic E-state index is 12.8. The zero-order chi connectivity index (χ0) is 14.8. The third-order valence-corrected chi connectivity index (χ3v) is 3.69. The molecule has 0 atom stereocenters. The second kappa shape index (κ2) is 6.13. The smallest absolute Gasteiger partial charge is 0.379 e. The van der Waals surface area contributed by atoms with Crippen LogP contribution in [0.4, 0.5) is 18.9 Å². The topological polar surface area (TPSA) is 24.9 Å². The predicted octanol–water partition coefficient (Wildman–Crippen LogP) is 5.24. The molecule has 0 unspecified atom stereocenters. The van der Waals surface area contributed by atoms with Crippen molar-refractivity contribution in [1.82, 2.24) is 4.98 Å². The fourth-order valence-electron chi connectivity index (χ4n) is 1.56. The van der Waals surface area contributed by atoms with Gasteiger partial charge in [0.2, 0.25) is 0 Å². The summed E-state index contributed by atoms with van der Waals surface area (Å²) in [6.07, 6.45) is -2.74. The van der Waals surface area contributed by atoms with E-state index in [-0.39, 0.29) is 4.47 Å². The van der Waals surface area contributed by atoms with Gasteiger partial charge in [0.1, 0.15) is 0 Å². The monoisotopic (exact) mass is 408 g/mol. The third-order valence-electron chi connectivity index (χ3n) is 2.53. The van der Waals surface area contributed by atoms with Gasteiger partial charge in [-0.3, -0.25) is 4.98 Å². The summed E-state index contributed by atoms with van der Waals surface area (Å²) < 4.78 is 39.2. The summed E-state index contributed by atoms with van der Waals surface area (Å²) in [6, 6.07) is 7.65. The van der Waals surface area contributed by atoms with Gasteiger partial charge in [-0.25, -0.2) is 0 Å². The van der Waals surface area contributed by atoms with Gasteiger partial charge in [0.25, 0.3) is 0 Å². The van der Waals surface area contributed by atoms with Crippen LogP contribution < -0.4 is 5.32 Å². The van der Waals surface area contributed by atoms with Crippen LogP contribution in [-0.4, -0.2) is 4.98 Å². The SMILES string of the molecule is FC(F)(F)c1cc(NCc2ccc(Br)cn2)ccc1Br. The van der Waals surface area contributed by atoms with Gasteiger partial charge in [0.15, 0.2) is 0 Å². The fourth-order valence-corrected chi connectivity index (χ4v) is 2.26. The van der Waals surface area contributed by atoms with Crippen LogP contribution in [0.5, 0.6) is 0 Å². The lowest BCUT2D eigenvalue weighted by molar-refractivity contribution is -0.138. The van der Waals surface area contributed by atoms with Gasteiger partial charge in [0.05, 0.1) is 17.8 Å². The summed E-state index contributed by atoms with van der Waals surface area (Å²) >= 11 is 6.17. The molecular weight excluding hydrogens is 401 g/mol. The van der Waals surface area contributed by atoms with E-state index in [2.05, 4.69) is 42.2 Å². The fraction of sp³-hybridized carbons (Fsp3) is 0.154. The molecule has 0 fully saturated rings. The molecule has 1 aromatic carbocycles. The Balaban J connectivity index is 2.12. The van der Waals surface area contributed by atoms with Crippen molar-refractivity contribution < 1.29 is 13.2 Å². The van der Waals surface area contributed by atoms with Crippen molar-refractivity contribution in [3.63, 3.8) is 0 Å². The Hall–Kier alpha value is -1.08. The van der Waals surface area contributed by atoms with E-state index in [1.54, 1.807) is 18.3 Å². The molecular formula is C13H9Br2F3N2. The van der Waals surface area contributed by atoms with Crippen LogP contribution >= 0.6 is 31.9 Å². The molecule has 0 saturated heterocycles. The van der Waals surface area contributed by atoms with Crippen LogP contribution in [0.25, 0.3) is 0 Å². The quantitative estimate of drug-likeness (QED) is 0.749. The van der Waals surface area contributed by atoms with Gasteiger partial charge in [0, 0.05) is 20.8 Å². The minimum absolute atomic E-state index is 0.0253. The number of alkyl halides is 3. The van der Waals surface area contributed by atoms with Crippen molar-refractivity contribution in [2.24, 2.45) is 0 Å². The summed E-state index contributed by atoms with van der Waals surface area (Å²) in [7, 11) is 0. The van der Waals surface area contributed by atoms with Crippen LogP contribution in [0, 0.1) is 0 Å². The molecule has 1 N–H and O–H groups in total. The maximum Gasteiger partial charge on any atom is 0.417 e. The summed E-state index contributed by atoms with van der Waals surface area (Å²) in [6.45, 7) is 0.353. The number of halogens is 5. The van der Waals surface area contributed by atoms with Crippen molar-refractivity contribution in [3.8, 4) is 0 Å². The molecule has 0 bridgehead atoms. The molecule has 2 rings (SSSR count). The van der Waals surface area contributed by atoms with E-state index in [0.29, 0.717) is 12.2 Å². The van der Waals surface area contributed by atoms with Crippen LogP contribution in [0.2, 0.25) is 0 Å². The molecule has 0 radical (unpaired) electrons. The molecule has 0 aliphatic rings. The molecule has 1 aromatic heterocycles. The van der Waals surface area contributed by atoms with E-state index in [1.807, 2.05) is 6.07 Å². The van der Waals surface area contributed by atoms with E-state index in [1.165, 1.54) is 6.07 Å². The second-order valence-electron chi connectivity index (χ2n) is 4.01. The predicted molar refractivity (Wildman–Crippen MR) is 78.4 cm³/mol.